The van der Waals surface area contributed by atoms with E-state index in [2.05, 4.69) is 21.7 Å². The summed E-state index contributed by atoms with van der Waals surface area (Å²) in [6.45, 7) is 0.846. The third kappa shape index (κ3) is 3.24. The van der Waals surface area contributed by atoms with Crippen molar-refractivity contribution >= 4 is 0 Å². The lowest BCUT2D eigenvalue weighted by molar-refractivity contribution is 0.798. The van der Waals surface area contributed by atoms with Crippen molar-refractivity contribution in [2.45, 2.75) is 6.54 Å². The molecule has 0 unspecified atom stereocenters. The zero-order chi connectivity index (χ0) is 11.1. The molecule has 0 spiro atoms. The molecule has 2 nitrogen and oxygen atoms in total. The molecule has 2 rings (SSSR count). The minimum Gasteiger partial charge on any atom is -0.333 e. The molecule has 2 heteroatoms. The van der Waals surface area contributed by atoms with Crippen molar-refractivity contribution < 1.29 is 0 Å². The Labute approximate surface area is 95.5 Å². The summed E-state index contributed by atoms with van der Waals surface area (Å²) < 4.78 is 2.05. The molecule has 2 aromatic rings. The lowest BCUT2D eigenvalue weighted by Gasteiger charge is -1.99. The highest BCUT2D eigenvalue weighted by Crippen LogP contribution is 1.99. The van der Waals surface area contributed by atoms with E-state index in [0.29, 0.717) is 0 Å². The average molecular weight is 210 g/mol. The SMILES string of the molecule is c1ccccc(Cn2ccnc2)cccc1. The van der Waals surface area contributed by atoms with Crippen molar-refractivity contribution in [1.29, 1.82) is 0 Å². The van der Waals surface area contributed by atoms with Gasteiger partial charge in [-0.05, 0) is 5.56 Å². The molecule has 0 saturated carbocycles. The van der Waals surface area contributed by atoms with Crippen molar-refractivity contribution in [3.8, 4) is 0 Å². The Bertz CT molecular complexity index is 449. The van der Waals surface area contributed by atoms with Gasteiger partial charge in [0.2, 0.25) is 0 Å². The maximum atomic E-state index is 4.03. The van der Waals surface area contributed by atoms with Crippen LogP contribution >= 0.6 is 0 Å². The Kier molecular flexibility index (Phi) is 3.72. The molecule has 0 saturated heterocycles. The fourth-order valence-corrected chi connectivity index (χ4v) is 1.43. The van der Waals surface area contributed by atoms with E-state index in [-0.39, 0.29) is 0 Å². The van der Waals surface area contributed by atoms with Gasteiger partial charge in [0, 0.05) is 18.9 Å². The highest BCUT2D eigenvalue weighted by atomic mass is 15.0. The second-order valence-electron chi connectivity index (χ2n) is 3.49. The fourth-order valence-electron chi connectivity index (χ4n) is 1.43. The monoisotopic (exact) mass is 210 g/mol. The molecular formula is C14H14N2. The minimum atomic E-state index is 0.846. The van der Waals surface area contributed by atoms with Crippen LogP contribution in [-0.2, 0) is 6.54 Å². The molecular weight excluding hydrogens is 196 g/mol. The van der Waals surface area contributed by atoms with Crippen LogP contribution < -0.4 is 0 Å². The van der Waals surface area contributed by atoms with E-state index in [1.54, 1.807) is 6.20 Å². The van der Waals surface area contributed by atoms with Gasteiger partial charge in [0.15, 0.2) is 0 Å². The van der Waals surface area contributed by atoms with Gasteiger partial charge in [-0.2, -0.15) is 0 Å². The molecule has 1 heterocycles. The van der Waals surface area contributed by atoms with Crippen LogP contribution in [0.4, 0.5) is 0 Å². The Morgan fingerprint density at radius 3 is 2.06 bits per heavy atom. The predicted octanol–water partition coefficient (Wildman–Crippen LogP) is 3.06. The lowest BCUT2D eigenvalue weighted by Crippen LogP contribution is -1.94. The van der Waals surface area contributed by atoms with Crippen molar-refractivity contribution in [3.63, 3.8) is 0 Å². The zero-order valence-electron chi connectivity index (χ0n) is 9.03. The summed E-state index contributed by atoms with van der Waals surface area (Å²) in [5.41, 5.74) is 1.24. The third-order valence-electron chi connectivity index (χ3n) is 2.21. The molecule has 0 atom stereocenters. The first-order valence-electron chi connectivity index (χ1n) is 5.28. The van der Waals surface area contributed by atoms with E-state index >= 15 is 0 Å². The smallest absolute Gasteiger partial charge is 0.0949 e. The number of rotatable bonds is 2. The second-order valence-corrected chi connectivity index (χ2v) is 3.49. The van der Waals surface area contributed by atoms with Crippen LogP contribution in [0.5, 0.6) is 0 Å². The Morgan fingerprint density at radius 1 is 0.875 bits per heavy atom. The molecule has 0 aliphatic rings. The number of imidazole rings is 1. The summed E-state index contributed by atoms with van der Waals surface area (Å²) in [6.07, 6.45) is 5.59. The number of hydrogen-bond donors (Lipinski definition) is 0. The summed E-state index contributed by atoms with van der Waals surface area (Å²) in [7, 11) is 0. The van der Waals surface area contributed by atoms with Crippen LogP contribution in [0.15, 0.2) is 73.3 Å². The van der Waals surface area contributed by atoms with Gasteiger partial charge in [-0.3, -0.25) is 0 Å². The van der Waals surface area contributed by atoms with Crippen molar-refractivity contribution in [2.75, 3.05) is 0 Å². The first kappa shape index (κ1) is 10.4. The molecule has 1 aromatic heterocycles. The number of nitrogens with zero attached hydrogens (tertiary/aromatic N) is 2. The largest absolute Gasteiger partial charge is 0.333 e. The van der Waals surface area contributed by atoms with Gasteiger partial charge in [0.1, 0.15) is 0 Å². The topological polar surface area (TPSA) is 17.8 Å². The Balaban J connectivity index is 2.27. The van der Waals surface area contributed by atoms with Crippen LogP contribution in [-0.4, -0.2) is 9.55 Å². The molecule has 0 aliphatic carbocycles. The van der Waals surface area contributed by atoms with Crippen LogP contribution in [0, 0.1) is 0 Å². The van der Waals surface area contributed by atoms with Gasteiger partial charge >= 0.3 is 0 Å². The van der Waals surface area contributed by atoms with Gasteiger partial charge in [-0.25, -0.2) is 4.98 Å². The van der Waals surface area contributed by atoms with E-state index in [1.807, 2.05) is 55.0 Å². The van der Waals surface area contributed by atoms with Gasteiger partial charge in [0.25, 0.3) is 0 Å². The Morgan fingerprint density at radius 2 is 1.50 bits per heavy atom. The summed E-state index contributed by atoms with van der Waals surface area (Å²) >= 11 is 0. The quantitative estimate of drug-likeness (QED) is 0.745. The summed E-state index contributed by atoms with van der Waals surface area (Å²) in [5, 5.41) is 0. The first-order valence-corrected chi connectivity index (χ1v) is 5.28. The van der Waals surface area contributed by atoms with Crippen molar-refractivity contribution in [2.24, 2.45) is 0 Å². The average Bonchev–Trinajstić information content (AvgIpc) is 2.80. The van der Waals surface area contributed by atoms with Gasteiger partial charge in [-0.1, -0.05) is 54.6 Å². The number of aromatic nitrogens is 2. The maximum absolute atomic E-state index is 4.03. The second kappa shape index (κ2) is 5.71. The normalized spacial score (nSPS) is 9.50. The molecule has 0 amide bonds. The molecule has 0 fully saturated rings. The van der Waals surface area contributed by atoms with Crippen LogP contribution in [0.3, 0.4) is 0 Å². The van der Waals surface area contributed by atoms with E-state index in [1.165, 1.54) is 5.56 Å². The van der Waals surface area contributed by atoms with E-state index in [4.69, 9.17) is 0 Å². The maximum Gasteiger partial charge on any atom is 0.0949 e. The van der Waals surface area contributed by atoms with Gasteiger partial charge in [-0.15, -0.1) is 0 Å². The van der Waals surface area contributed by atoms with Crippen molar-refractivity contribution in [1.82, 2.24) is 9.55 Å². The predicted molar refractivity (Wildman–Crippen MR) is 65.4 cm³/mol. The highest BCUT2D eigenvalue weighted by molar-refractivity contribution is 5.12. The Hall–Kier alpha value is -2.09. The molecule has 1 aromatic carbocycles. The lowest BCUT2D eigenvalue weighted by atomic mass is 10.2. The van der Waals surface area contributed by atoms with Crippen LogP contribution in [0.1, 0.15) is 5.56 Å². The molecule has 80 valence electrons. The molecule has 16 heavy (non-hydrogen) atoms. The fraction of sp³-hybridized carbons (Fsp3) is 0.0714. The molecule has 0 N–H and O–H groups in total. The highest BCUT2D eigenvalue weighted by Gasteiger charge is 1.90. The summed E-state index contributed by atoms with van der Waals surface area (Å²) in [6, 6.07) is 18.4. The van der Waals surface area contributed by atoms with Crippen LogP contribution in [0.25, 0.3) is 0 Å². The van der Waals surface area contributed by atoms with Gasteiger partial charge < -0.3 is 4.57 Å². The van der Waals surface area contributed by atoms with Crippen molar-refractivity contribution in [3.05, 3.63) is 78.9 Å². The standard InChI is InChI=1S/C14H14N2/c1-2-4-6-8-14(9-7-5-3-1)12-16-11-10-15-13-16/h1-11,13H,12H2. The van der Waals surface area contributed by atoms with E-state index < -0.39 is 0 Å². The number of hydrogen-bond acceptors (Lipinski definition) is 1. The summed E-state index contributed by atoms with van der Waals surface area (Å²) in [4.78, 5) is 4.03. The van der Waals surface area contributed by atoms with E-state index in [0.717, 1.165) is 6.54 Å². The van der Waals surface area contributed by atoms with Crippen LogP contribution in [0.2, 0.25) is 0 Å². The minimum absolute atomic E-state index is 0.846. The molecule has 0 aliphatic heterocycles. The summed E-state index contributed by atoms with van der Waals surface area (Å²) in [5.74, 6) is 0. The molecule has 0 bridgehead atoms. The molecule has 0 radical (unpaired) electrons. The van der Waals surface area contributed by atoms with E-state index in [9.17, 15) is 0 Å². The third-order valence-corrected chi connectivity index (χ3v) is 2.21. The first-order chi connectivity index (χ1) is 7.95. The van der Waals surface area contributed by atoms with Gasteiger partial charge in [0.05, 0.1) is 6.33 Å². The zero-order valence-corrected chi connectivity index (χ0v) is 9.03.